The molecule has 0 bridgehead atoms. The zero-order valence-electron chi connectivity index (χ0n) is 9.99. The molecule has 2 aromatic rings. The Bertz CT molecular complexity index is 587. The highest BCUT2D eigenvalue weighted by Gasteiger charge is 2.12. The molecule has 0 N–H and O–H groups in total. The lowest BCUT2D eigenvalue weighted by Crippen LogP contribution is -2.03. The van der Waals surface area contributed by atoms with Crippen LogP contribution in [-0.2, 0) is 0 Å². The largest absolute Gasteiger partial charge is 0.294 e. The fourth-order valence-electron chi connectivity index (χ4n) is 1.81. The predicted octanol–water partition coefficient (Wildman–Crippen LogP) is 3.35. The van der Waals surface area contributed by atoms with E-state index in [2.05, 4.69) is 5.10 Å². The summed E-state index contributed by atoms with van der Waals surface area (Å²) in [5, 5.41) is 4.90. The van der Waals surface area contributed by atoms with Crippen LogP contribution in [0, 0.1) is 13.8 Å². The molecule has 0 atom stereocenters. The van der Waals surface area contributed by atoms with E-state index in [-0.39, 0.29) is 5.78 Å². The van der Waals surface area contributed by atoms with E-state index in [0.717, 1.165) is 16.9 Å². The summed E-state index contributed by atoms with van der Waals surface area (Å²) in [6.45, 7) is 5.41. The van der Waals surface area contributed by atoms with E-state index >= 15 is 0 Å². The van der Waals surface area contributed by atoms with Crippen molar-refractivity contribution < 1.29 is 4.79 Å². The Balaban J connectivity index is 2.61. The maximum Gasteiger partial charge on any atom is 0.163 e. The van der Waals surface area contributed by atoms with Crippen LogP contribution in [0.4, 0.5) is 0 Å². The van der Waals surface area contributed by atoms with Gasteiger partial charge < -0.3 is 0 Å². The maximum absolute atomic E-state index is 11.4. The topological polar surface area (TPSA) is 34.9 Å². The molecule has 0 spiro atoms. The maximum atomic E-state index is 11.4. The molecule has 0 amide bonds. The lowest BCUT2D eigenvalue weighted by atomic mass is 10.1. The number of carbonyl (C=O) groups excluding carboxylic acids is 1. The number of nitrogens with zero attached hydrogens (tertiary/aromatic N) is 2. The number of carbonyl (C=O) groups is 1. The molecule has 0 aliphatic rings. The van der Waals surface area contributed by atoms with Gasteiger partial charge in [0, 0.05) is 5.02 Å². The number of benzene rings is 1. The van der Waals surface area contributed by atoms with Gasteiger partial charge in [0.25, 0.3) is 0 Å². The van der Waals surface area contributed by atoms with Gasteiger partial charge in [-0.2, -0.15) is 5.10 Å². The minimum absolute atomic E-state index is 0.0217. The number of halogens is 1. The quantitative estimate of drug-likeness (QED) is 0.764. The van der Waals surface area contributed by atoms with Crippen LogP contribution >= 0.6 is 11.6 Å². The molecule has 0 radical (unpaired) electrons. The first kappa shape index (κ1) is 11.9. The van der Waals surface area contributed by atoms with Crippen LogP contribution < -0.4 is 0 Å². The minimum Gasteiger partial charge on any atom is -0.294 e. The van der Waals surface area contributed by atoms with Crippen molar-refractivity contribution in [2.45, 2.75) is 20.8 Å². The Morgan fingerprint density at radius 2 is 2.06 bits per heavy atom. The first-order valence-corrected chi connectivity index (χ1v) is 5.70. The first-order valence-electron chi connectivity index (χ1n) is 5.33. The van der Waals surface area contributed by atoms with Gasteiger partial charge in [0.15, 0.2) is 5.78 Å². The average Bonchev–Trinajstić information content (AvgIpc) is 2.64. The summed E-state index contributed by atoms with van der Waals surface area (Å²) in [7, 11) is 0. The normalized spacial score (nSPS) is 10.6. The SMILES string of the molecule is CC(=O)c1cnn(-c2cc(Cl)ccc2C)c1C. The lowest BCUT2D eigenvalue weighted by molar-refractivity contribution is 0.101. The minimum atomic E-state index is 0.0217. The number of hydrogen-bond acceptors (Lipinski definition) is 2. The van der Waals surface area contributed by atoms with Gasteiger partial charge >= 0.3 is 0 Å². The molecule has 1 aromatic heterocycles. The third-order valence-corrected chi connectivity index (χ3v) is 3.02. The Morgan fingerprint density at radius 1 is 1.35 bits per heavy atom. The highest BCUT2D eigenvalue weighted by atomic mass is 35.5. The van der Waals surface area contributed by atoms with Crippen LogP contribution in [0.25, 0.3) is 5.69 Å². The van der Waals surface area contributed by atoms with Crippen molar-refractivity contribution in [1.82, 2.24) is 9.78 Å². The lowest BCUT2D eigenvalue weighted by Gasteiger charge is -2.08. The van der Waals surface area contributed by atoms with E-state index < -0.39 is 0 Å². The van der Waals surface area contributed by atoms with Gasteiger partial charge in [0.1, 0.15) is 0 Å². The molecule has 17 heavy (non-hydrogen) atoms. The molecular weight excluding hydrogens is 236 g/mol. The van der Waals surface area contributed by atoms with Gasteiger partial charge in [0.05, 0.1) is 23.1 Å². The number of Topliss-reactive ketones (excluding diaryl/α,β-unsaturated/α-hetero) is 1. The number of aromatic nitrogens is 2. The Labute approximate surface area is 105 Å². The van der Waals surface area contributed by atoms with Crippen molar-refractivity contribution in [2.75, 3.05) is 0 Å². The molecule has 0 aliphatic heterocycles. The molecule has 0 fully saturated rings. The first-order chi connectivity index (χ1) is 8.00. The average molecular weight is 249 g/mol. The van der Waals surface area contributed by atoms with E-state index in [4.69, 9.17) is 11.6 Å². The molecule has 88 valence electrons. The van der Waals surface area contributed by atoms with E-state index in [9.17, 15) is 4.79 Å². The number of rotatable bonds is 2. The van der Waals surface area contributed by atoms with Gasteiger partial charge in [-0.05, 0) is 38.5 Å². The van der Waals surface area contributed by atoms with Crippen molar-refractivity contribution in [3.8, 4) is 5.69 Å². The van der Waals surface area contributed by atoms with Crippen LogP contribution in [0.2, 0.25) is 5.02 Å². The zero-order chi connectivity index (χ0) is 12.6. The van der Waals surface area contributed by atoms with E-state index in [1.165, 1.54) is 0 Å². The van der Waals surface area contributed by atoms with Gasteiger partial charge in [-0.25, -0.2) is 4.68 Å². The van der Waals surface area contributed by atoms with Crippen LogP contribution in [0.1, 0.15) is 28.5 Å². The number of aryl methyl sites for hydroxylation is 1. The summed E-state index contributed by atoms with van der Waals surface area (Å²) in [6, 6.07) is 5.62. The summed E-state index contributed by atoms with van der Waals surface area (Å²) >= 11 is 5.98. The van der Waals surface area contributed by atoms with Crippen molar-refractivity contribution in [2.24, 2.45) is 0 Å². The summed E-state index contributed by atoms with van der Waals surface area (Å²) in [4.78, 5) is 11.4. The third kappa shape index (κ3) is 2.11. The van der Waals surface area contributed by atoms with E-state index in [1.807, 2.05) is 32.0 Å². The Morgan fingerprint density at radius 3 is 2.65 bits per heavy atom. The smallest absolute Gasteiger partial charge is 0.163 e. The number of ketones is 1. The second kappa shape index (κ2) is 4.34. The van der Waals surface area contributed by atoms with Crippen molar-refractivity contribution in [3.05, 3.63) is 46.2 Å². The predicted molar refractivity (Wildman–Crippen MR) is 68.1 cm³/mol. The molecular formula is C13H13ClN2O. The second-order valence-corrected chi connectivity index (χ2v) is 4.48. The van der Waals surface area contributed by atoms with Gasteiger partial charge in [-0.3, -0.25) is 4.79 Å². The fraction of sp³-hybridized carbons (Fsp3) is 0.231. The zero-order valence-corrected chi connectivity index (χ0v) is 10.7. The third-order valence-electron chi connectivity index (χ3n) is 2.79. The van der Waals surface area contributed by atoms with Crippen LogP contribution in [0.3, 0.4) is 0 Å². The molecule has 0 saturated heterocycles. The summed E-state index contributed by atoms with van der Waals surface area (Å²) in [5.74, 6) is 0.0217. The molecule has 0 saturated carbocycles. The molecule has 2 rings (SSSR count). The molecule has 0 unspecified atom stereocenters. The highest BCUT2D eigenvalue weighted by molar-refractivity contribution is 6.30. The Hall–Kier alpha value is -1.61. The van der Waals surface area contributed by atoms with Crippen molar-refractivity contribution >= 4 is 17.4 Å². The second-order valence-electron chi connectivity index (χ2n) is 4.04. The monoisotopic (exact) mass is 248 g/mol. The van der Waals surface area contributed by atoms with Gasteiger partial charge in [0.2, 0.25) is 0 Å². The Kier molecular flexibility index (Phi) is 3.03. The van der Waals surface area contributed by atoms with Crippen LogP contribution in [-0.4, -0.2) is 15.6 Å². The molecule has 0 aliphatic carbocycles. The fourth-order valence-corrected chi connectivity index (χ4v) is 1.98. The van der Waals surface area contributed by atoms with Crippen LogP contribution in [0.5, 0.6) is 0 Å². The van der Waals surface area contributed by atoms with E-state index in [0.29, 0.717) is 10.6 Å². The molecule has 4 heteroatoms. The summed E-state index contributed by atoms with van der Waals surface area (Å²) < 4.78 is 1.75. The van der Waals surface area contributed by atoms with Gasteiger partial charge in [-0.1, -0.05) is 17.7 Å². The van der Waals surface area contributed by atoms with Crippen molar-refractivity contribution in [3.63, 3.8) is 0 Å². The molecule has 1 aromatic carbocycles. The molecule has 3 nitrogen and oxygen atoms in total. The number of hydrogen-bond donors (Lipinski definition) is 0. The summed E-state index contributed by atoms with van der Waals surface area (Å²) in [5.41, 5.74) is 3.45. The summed E-state index contributed by atoms with van der Waals surface area (Å²) in [6.07, 6.45) is 1.60. The van der Waals surface area contributed by atoms with Crippen LogP contribution in [0.15, 0.2) is 24.4 Å². The standard InChI is InChI=1S/C13H13ClN2O/c1-8-4-5-11(14)6-13(8)16-9(2)12(7-15-16)10(3)17/h4-7H,1-3H3. The highest BCUT2D eigenvalue weighted by Crippen LogP contribution is 2.21. The van der Waals surface area contributed by atoms with Crippen molar-refractivity contribution in [1.29, 1.82) is 0 Å². The van der Waals surface area contributed by atoms with E-state index in [1.54, 1.807) is 17.8 Å². The van der Waals surface area contributed by atoms with Gasteiger partial charge in [-0.15, -0.1) is 0 Å². The molecule has 1 heterocycles.